The molecule has 138 valence electrons. The third-order valence-corrected chi connectivity index (χ3v) is 3.85. The van der Waals surface area contributed by atoms with Gasteiger partial charge in [0.1, 0.15) is 12.3 Å². The highest BCUT2D eigenvalue weighted by Gasteiger charge is 2.16. The molecular formula is C19H15BrN2O5. The van der Waals surface area contributed by atoms with Crippen LogP contribution in [0.5, 0.6) is 0 Å². The average molecular weight is 431 g/mol. The Morgan fingerprint density at radius 2 is 1.78 bits per heavy atom. The van der Waals surface area contributed by atoms with E-state index >= 15 is 0 Å². The summed E-state index contributed by atoms with van der Waals surface area (Å²) in [7, 11) is 0. The lowest BCUT2D eigenvalue weighted by atomic mass is 10.1. The average Bonchev–Trinajstić information content (AvgIpc) is 2.66. The normalized spacial score (nSPS) is 10.8. The number of nitrogens with one attached hydrogen (secondary N) is 1. The number of hydrogen-bond acceptors (Lipinski definition) is 5. The Bertz CT molecular complexity index is 889. The smallest absolute Gasteiger partial charge is 0.355 e. The Hall–Kier alpha value is -3.26. The van der Waals surface area contributed by atoms with Crippen molar-refractivity contribution >= 4 is 39.6 Å². The zero-order valence-corrected chi connectivity index (χ0v) is 15.6. The number of carbonyl (C=O) groups is 2. The molecule has 1 N–H and O–H groups in total. The van der Waals surface area contributed by atoms with Crippen molar-refractivity contribution in [2.45, 2.75) is 0 Å². The fraction of sp³-hybridized carbons (Fsp3) is 0.0526. The minimum atomic E-state index is -0.751. The van der Waals surface area contributed by atoms with E-state index in [1.54, 1.807) is 24.3 Å². The van der Waals surface area contributed by atoms with Gasteiger partial charge in [0.15, 0.2) is 0 Å². The molecule has 0 aliphatic carbocycles. The van der Waals surface area contributed by atoms with Crippen LogP contribution < -0.4 is 5.32 Å². The van der Waals surface area contributed by atoms with Crippen LogP contribution in [0.25, 0.3) is 6.08 Å². The van der Waals surface area contributed by atoms with Crippen LogP contribution in [0.4, 0.5) is 5.69 Å². The molecule has 0 unspecified atom stereocenters. The number of ether oxygens (including phenoxy) is 1. The van der Waals surface area contributed by atoms with Crippen LogP contribution in [0.2, 0.25) is 0 Å². The van der Waals surface area contributed by atoms with E-state index in [2.05, 4.69) is 27.8 Å². The van der Waals surface area contributed by atoms with Gasteiger partial charge in [-0.2, -0.15) is 0 Å². The fourth-order valence-electron chi connectivity index (χ4n) is 2.01. The Kier molecular flexibility index (Phi) is 7.01. The summed E-state index contributed by atoms with van der Waals surface area (Å²) in [6.45, 7) is 3.44. The molecule has 2 aromatic carbocycles. The van der Waals surface area contributed by atoms with Gasteiger partial charge in [-0.05, 0) is 48.0 Å². The molecule has 2 rings (SSSR count). The van der Waals surface area contributed by atoms with Gasteiger partial charge >= 0.3 is 5.97 Å². The number of amides is 1. The molecule has 8 heteroatoms. The monoisotopic (exact) mass is 430 g/mol. The van der Waals surface area contributed by atoms with Crippen LogP contribution in [0.3, 0.4) is 0 Å². The number of nitro benzene ring substituents is 1. The third kappa shape index (κ3) is 5.89. The van der Waals surface area contributed by atoms with Crippen molar-refractivity contribution in [2.75, 3.05) is 6.61 Å². The van der Waals surface area contributed by atoms with E-state index in [9.17, 15) is 19.7 Å². The number of carbonyl (C=O) groups excluding carboxylic acids is 2. The van der Waals surface area contributed by atoms with Crippen molar-refractivity contribution in [3.63, 3.8) is 0 Å². The predicted molar refractivity (Wildman–Crippen MR) is 104 cm³/mol. The van der Waals surface area contributed by atoms with E-state index in [4.69, 9.17) is 4.74 Å². The van der Waals surface area contributed by atoms with Crippen molar-refractivity contribution in [1.82, 2.24) is 5.32 Å². The standard InChI is InChI=1S/C19H15BrN2O5/c1-2-11-27-19(24)17(12-13-3-9-16(10-4-13)22(25)26)21-18(23)14-5-7-15(20)8-6-14/h2-10,12H,1,11H2,(H,21,23)/b17-12-. The second-order valence-corrected chi connectivity index (χ2v) is 6.17. The summed E-state index contributed by atoms with van der Waals surface area (Å²) < 4.78 is 5.80. The number of halogens is 1. The molecule has 0 bridgehead atoms. The van der Waals surface area contributed by atoms with E-state index < -0.39 is 16.8 Å². The van der Waals surface area contributed by atoms with Crippen molar-refractivity contribution in [3.8, 4) is 0 Å². The number of nitro groups is 1. The van der Waals surface area contributed by atoms with Crippen LogP contribution in [-0.2, 0) is 9.53 Å². The summed E-state index contributed by atoms with van der Waals surface area (Å²) in [5.41, 5.74) is 0.659. The minimum Gasteiger partial charge on any atom is -0.457 e. The quantitative estimate of drug-likeness (QED) is 0.236. The Morgan fingerprint density at radius 3 is 2.33 bits per heavy atom. The number of hydrogen-bond donors (Lipinski definition) is 1. The van der Waals surface area contributed by atoms with Crippen molar-refractivity contribution in [1.29, 1.82) is 0 Å². The summed E-state index contributed by atoms with van der Waals surface area (Å²) in [6.07, 6.45) is 2.78. The summed E-state index contributed by atoms with van der Waals surface area (Å²) in [5.74, 6) is -1.25. The minimum absolute atomic E-state index is 0.0232. The van der Waals surface area contributed by atoms with E-state index in [1.807, 2.05) is 0 Å². The highest BCUT2D eigenvalue weighted by atomic mass is 79.9. The second kappa shape index (κ2) is 9.44. The first-order chi connectivity index (χ1) is 12.9. The van der Waals surface area contributed by atoms with Gasteiger partial charge in [0.25, 0.3) is 11.6 Å². The molecule has 2 aromatic rings. The Morgan fingerprint density at radius 1 is 1.15 bits per heavy atom. The van der Waals surface area contributed by atoms with E-state index in [0.717, 1.165) is 4.47 Å². The molecule has 0 saturated carbocycles. The molecule has 0 aliphatic rings. The molecule has 0 heterocycles. The Balaban J connectivity index is 2.28. The number of rotatable bonds is 7. The van der Waals surface area contributed by atoms with Crippen LogP contribution in [0.1, 0.15) is 15.9 Å². The molecule has 0 aliphatic heterocycles. The van der Waals surface area contributed by atoms with Gasteiger partial charge < -0.3 is 10.1 Å². The first kappa shape index (κ1) is 20.1. The van der Waals surface area contributed by atoms with Gasteiger partial charge in [0.05, 0.1) is 4.92 Å². The first-order valence-corrected chi connectivity index (χ1v) is 8.51. The van der Waals surface area contributed by atoms with Gasteiger partial charge in [-0.15, -0.1) is 0 Å². The maximum Gasteiger partial charge on any atom is 0.355 e. The highest BCUT2D eigenvalue weighted by molar-refractivity contribution is 9.10. The van der Waals surface area contributed by atoms with Crippen LogP contribution in [0.15, 0.2) is 71.4 Å². The van der Waals surface area contributed by atoms with Crippen LogP contribution >= 0.6 is 15.9 Å². The molecule has 0 aromatic heterocycles. The Labute approximate surface area is 163 Å². The first-order valence-electron chi connectivity index (χ1n) is 7.72. The highest BCUT2D eigenvalue weighted by Crippen LogP contribution is 2.15. The predicted octanol–water partition coefficient (Wildman–Crippen LogP) is 3.86. The second-order valence-electron chi connectivity index (χ2n) is 5.25. The van der Waals surface area contributed by atoms with E-state index in [0.29, 0.717) is 11.1 Å². The topological polar surface area (TPSA) is 98.5 Å². The van der Waals surface area contributed by atoms with Crippen molar-refractivity contribution in [2.24, 2.45) is 0 Å². The molecule has 0 saturated heterocycles. The SMILES string of the molecule is C=CCOC(=O)/C(=C/c1ccc([N+](=O)[O-])cc1)NC(=O)c1ccc(Br)cc1. The fourth-order valence-corrected chi connectivity index (χ4v) is 2.28. The van der Waals surface area contributed by atoms with Crippen molar-refractivity contribution in [3.05, 3.63) is 92.6 Å². The largest absolute Gasteiger partial charge is 0.457 e. The summed E-state index contributed by atoms with van der Waals surface area (Å²) in [4.78, 5) is 34.8. The van der Waals surface area contributed by atoms with Crippen LogP contribution in [-0.4, -0.2) is 23.4 Å². The lowest BCUT2D eigenvalue weighted by Crippen LogP contribution is -2.28. The number of nitrogens with zero attached hydrogens (tertiary/aromatic N) is 1. The molecule has 0 fully saturated rings. The van der Waals surface area contributed by atoms with Gasteiger partial charge in [-0.3, -0.25) is 14.9 Å². The summed E-state index contributed by atoms with van der Waals surface area (Å²) >= 11 is 3.28. The third-order valence-electron chi connectivity index (χ3n) is 3.32. The zero-order valence-electron chi connectivity index (χ0n) is 14.1. The number of benzene rings is 2. The molecule has 0 radical (unpaired) electrons. The molecule has 0 spiro atoms. The maximum absolute atomic E-state index is 12.4. The molecule has 27 heavy (non-hydrogen) atoms. The van der Waals surface area contributed by atoms with E-state index in [-0.39, 0.29) is 18.0 Å². The number of non-ortho nitro benzene ring substituents is 1. The molecular weight excluding hydrogens is 416 g/mol. The zero-order chi connectivity index (χ0) is 19.8. The van der Waals surface area contributed by atoms with Crippen LogP contribution in [0, 0.1) is 10.1 Å². The molecule has 0 atom stereocenters. The summed E-state index contributed by atoms with van der Waals surface area (Å²) in [5, 5.41) is 13.2. The molecule has 1 amide bonds. The number of esters is 1. The van der Waals surface area contributed by atoms with Gasteiger partial charge in [0.2, 0.25) is 0 Å². The lowest BCUT2D eigenvalue weighted by Gasteiger charge is -2.10. The van der Waals surface area contributed by atoms with E-state index in [1.165, 1.54) is 36.4 Å². The van der Waals surface area contributed by atoms with Crippen molar-refractivity contribution < 1.29 is 19.2 Å². The van der Waals surface area contributed by atoms with Gasteiger partial charge in [-0.25, -0.2) is 4.79 Å². The van der Waals surface area contributed by atoms with Gasteiger partial charge in [0, 0.05) is 22.2 Å². The lowest BCUT2D eigenvalue weighted by molar-refractivity contribution is -0.384. The summed E-state index contributed by atoms with van der Waals surface area (Å²) in [6, 6.07) is 12.1. The molecule has 7 nitrogen and oxygen atoms in total. The van der Waals surface area contributed by atoms with Gasteiger partial charge in [-0.1, -0.05) is 28.6 Å². The maximum atomic E-state index is 12.4.